The molecular formula is C14H20Cl2N3O2+. The van der Waals surface area contributed by atoms with Gasteiger partial charge in [-0.1, -0.05) is 29.3 Å². The van der Waals surface area contributed by atoms with Crippen molar-refractivity contribution in [2.45, 2.75) is 6.54 Å². The van der Waals surface area contributed by atoms with E-state index in [1.807, 2.05) is 0 Å². The SMILES string of the molecule is CN(C)C(=O)C[NH+](C)CC(=O)NCc1ccc(Cl)cc1Cl. The number of benzene rings is 1. The van der Waals surface area contributed by atoms with Crippen molar-refractivity contribution in [3.05, 3.63) is 33.8 Å². The predicted octanol–water partition coefficient (Wildman–Crippen LogP) is 0.213. The van der Waals surface area contributed by atoms with Crippen LogP contribution in [-0.4, -0.2) is 50.9 Å². The number of rotatable bonds is 6. The van der Waals surface area contributed by atoms with Gasteiger partial charge in [0.05, 0.1) is 7.05 Å². The summed E-state index contributed by atoms with van der Waals surface area (Å²) in [6, 6.07) is 5.14. The van der Waals surface area contributed by atoms with Crippen LogP contribution in [0.1, 0.15) is 5.56 Å². The third kappa shape index (κ3) is 6.33. The molecule has 0 saturated carbocycles. The molecule has 1 aromatic rings. The number of hydrogen-bond donors (Lipinski definition) is 2. The first kappa shape index (κ1) is 17.8. The van der Waals surface area contributed by atoms with Crippen LogP contribution in [0.15, 0.2) is 18.2 Å². The number of carbonyl (C=O) groups excluding carboxylic acids is 2. The number of nitrogens with zero attached hydrogens (tertiary/aromatic N) is 1. The summed E-state index contributed by atoms with van der Waals surface area (Å²) < 4.78 is 0. The fourth-order valence-electron chi connectivity index (χ4n) is 1.67. The maximum Gasteiger partial charge on any atom is 0.277 e. The molecule has 0 saturated heterocycles. The fourth-order valence-corrected chi connectivity index (χ4v) is 2.15. The van der Waals surface area contributed by atoms with Crippen LogP contribution in [0.3, 0.4) is 0 Å². The summed E-state index contributed by atoms with van der Waals surface area (Å²) in [6.07, 6.45) is 0. The van der Waals surface area contributed by atoms with Crippen LogP contribution in [0.5, 0.6) is 0 Å². The summed E-state index contributed by atoms with van der Waals surface area (Å²) in [6.45, 7) is 0.844. The average molecular weight is 333 g/mol. The number of carbonyl (C=O) groups is 2. The highest BCUT2D eigenvalue weighted by molar-refractivity contribution is 6.35. The van der Waals surface area contributed by atoms with E-state index in [2.05, 4.69) is 5.32 Å². The highest BCUT2D eigenvalue weighted by Crippen LogP contribution is 2.20. The van der Waals surface area contributed by atoms with Gasteiger partial charge in [0.25, 0.3) is 11.8 Å². The van der Waals surface area contributed by atoms with Crippen molar-refractivity contribution in [2.24, 2.45) is 0 Å². The summed E-state index contributed by atoms with van der Waals surface area (Å²) in [5, 5.41) is 3.86. The standard InChI is InChI=1S/C14H19Cl2N3O2/c1-18(2)14(21)9-19(3)8-13(20)17-7-10-4-5-11(15)6-12(10)16/h4-6H,7-9H2,1-3H3,(H,17,20)/p+1. The van der Waals surface area contributed by atoms with E-state index in [4.69, 9.17) is 23.2 Å². The molecule has 116 valence electrons. The first-order chi connectivity index (χ1) is 9.79. The second-order valence-electron chi connectivity index (χ2n) is 5.11. The van der Waals surface area contributed by atoms with Crippen molar-refractivity contribution < 1.29 is 14.5 Å². The second-order valence-corrected chi connectivity index (χ2v) is 5.95. The smallest absolute Gasteiger partial charge is 0.277 e. The zero-order valence-electron chi connectivity index (χ0n) is 12.4. The number of hydrogen-bond acceptors (Lipinski definition) is 2. The summed E-state index contributed by atoms with van der Waals surface area (Å²) in [4.78, 5) is 25.7. The number of quaternary nitrogens is 1. The number of nitrogens with one attached hydrogen (secondary N) is 2. The van der Waals surface area contributed by atoms with E-state index in [9.17, 15) is 9.59 Å². The molecule has 0 heterocycles. The van der Waals surface area contributed by atoms with Gasteiger partial charge < -0.3 is 15.1 Å². The summed E-state index contributed by atoms with van der Waals surface area (Å²) in [7, 11) is 5.19. The number of amides is 2. The molecule has 1 aromatic carbocycles. The van der Waals surface area contributed by atoms with Gasteiger partial charge in [0.15, 0.2) is 13.1 Å². The monoisotopic (exact) mass is 332 g/mol. The lowest BCUT2D eigenvalue weighted by molar-refractivity contribution is -0.862. The Balaban J connectivity index is 2.42. The van der Waals surface area contributed by atoms with Gasteiger partial charge in [-0.25, -0.2) is 0 Å². The molecule has 0 aliphatic rings. The van der Waals surface area contributed by atoms with Crippen LogP contribution in [0.2, 0.25) is 10.0 Å². The second kappa shape index (κ2) is 8.22. The van der Waals surface area contributed by atoms with Gasteiger partial charge in [0.1, 0.15) is 0 Å². The van der Waals surface area contributed by atoms with Crippen LogP contribution in [0.25, 0.3) is 0 Å². The van der Waals surface area contributed by atoms with Gasteiger partial charge in [0.2, 0.25) is 0 Å². The Bertz CT molecular complexity index is 521. The van der Waals surface area contributed by atoms with E-state index < -0.39 is 0 Å². The van der Waals surface area contributed by atoms with Crippen LogP contribution < -0.4 is 10.2 Å². The molecule has 0 bridgehead atoms. The minimum absolute atomic E-state index is 0.0129. The summed E-state index contributed by atoms with van der Waals surface area (Å²) in [5.41, 5.74) is 0.802. The highest BCUT2D eigenvalue weighted by Gasteiger charge is 2.15. The van der Waals surface area contributed by atoms with Crippen molar-refractivity contribution in [1.82, 2.24) is 10.2 Å². The molecule has 1 rings (SSSR count). The molecule has 1 unspecified atom stereocenters. The normalized spacial score (nSPS) is 11.9. The molecule has 2 amide bonds. The Morgan fingerprint density at radius 3 is 2.48 bits per heavy atom. The molecule has 2 N–H and O–H groups in total. The first-order valence-corrected chi connectivity index (χ1v) is 7.27. The van der Waals surface area contributed by atoms with Crippen LogP contribution in [0.4, 0.5) is 0 Å². The summed E-state index contributed by atoms with van der Waals surface area (Å²) >= 11 is 11.8. The van der Waals surface area contributed by atoms with E-state index in [1.165, 1.54) is 4.90 Å². The van der Waals surface area contributed by atoms with E-state index in [1.54, 1.807) is 39.3 Å². The number of likely N-dealkylation sites (N-methyl/N-ethyl adjacent to an activating group) is 2. The van der Waals surface area contributed by atoms with Crippen LogP contribution in [0, 0.1) is 0 Å². The van der Waals surface area contributed by atoms with E-state index in [0.29, 0.717) is 16.6 Å². The zero-order valence-corrected chi connectivity index (χ0v) is 13.9. The Kier molecular flexibility index (Phi) is 6.95. The third-order valence-electron chi connectivity index (χ3n) is 2.91. The maximum atomic E-state index is 11.8. The molecule has 21 heavy (non-hydrogen) atoms. The molecule has 1 atom stereocenters. The molecular weight excluding hydrogens is 313 g/mol. The van der Waals surface area contributed by atoms with Gasteiger partial charge in [-0.3, -0.25) is 9.59 Å². The molecule has 0 aliphatic heterocycles. The molecule has 0 aromatic heterocycles. The molecule has 0 radical (unpaired) electrons. The molecule has 0 fully saturated rings. The van der Waals surface area contributed by atoms with Crippen molar-refractivity contribution in [2.75, 3.05) is 34.2 Å². The lowest BCUT2D eigenvalue weighted by atomic mass is 10.2. The van der Waals surface area contributed by atoms with E-state index in [0.717, 1.165) is 10.5 Å². The lowest BCUT2D eigenvalue weighted by Gasteiger charge is -2.16. The Labute approximate surface area is 134 Å². The quantitative estimate of drug-likeness (QED) is 0.782. The van der Waals surface area contributed by atoms with Crippen molar-refractivity contribution >= 4 is 35.0 Å². The van der Waals surface area contributed by atoms with Crippen LogP contribution >= 0.6 is 23.2 Å². The van der Waals surface area contributed by atoms with Crippen molar-refractivity contribution in [3.63, 3.8) is 0 Å². The first-order valence-electron chi connectivity index (χ1n) is 6.51. The largest absolute Gasteiger partial charge is 0.347 e. The van der Waals surface area contributed by atoms with Crippen molar-refractivity contribution in [3.8, 4) is 0 Å². The predicted molar refractivity (Wildman–Crippen MR) is 83.6 cm³/mol. The highest BCUT2D eigenvalue weighted by atomic mass is 35.5. The third-order valence-corrected chi connectivity index (χ3v) is 3.49. The Morgan fingerprint density at radius 2 is 1.90 bits per heavy atom. The van der Waals surface area contributed by atoms with E-state index >= 15 is 0 Å². The molecule has 0 spiro atoms. The summed E-state index contributed by atoms with van der Waals surface area (Å²) in [5.74, 6) is -0.147. The average Bonchev–Trinajstić information content (AvgIpc) is 2.37. The van der Waals surface area contributed by atoms with Crippen LogP contribution in [-0.2, 0) is 16.1 Å². The minimum atomic E-state index is -0.134. The molecule has 0 aliphatic carbocycles. The fraction of sp³-hybridized carbons (Fsp3) is 0.429. The molecule has 7 heteroatoms. The van der Waals surface area contributed by atoms with Gasteiger partial charge in [-0.15, -0.1) is 0 Å². The van der Waals surface area contributed by atoms with Gasteiger partial charge in [-0.05, 0) is 17.7 Å². The lowest BCUT2D eigenvalue weighted by Crippen LogP contribution is -3.11. The molecule has 5 nitrogen and oxygen atoms in total. The van der Waals surface area contributed by atoms with Gasteiger partial charge in [0, 0.05) is 30.7 Å². The zero-order chi connectivity index (χ0) is 16.0. The minimum Gasteiger partial charge on any atom is -0.347 e. The van der Waals surface area contributed by atoms with E-state index in [-0.39, 0.29) is 24.9 Å². The topological polar surface area (TPSA) is 53.9 Å². The van der Waals surface area contributed by atoms with Crippen molar-refractivity contribution in [1.29, 1.82) is 0 Å². The van der Waals surface area contributed by atoms with Gasteiger partial charge >= 0.3 is 0 Å². The maximum absolute atomic E-state index is 11.8. The van der Waals surface area contributed by atoms with Gasteiger partial charge in [-0.2, -0.15) is 0 Å². The Morgan fingerprint density at radius 1 is 1.24 bits per heavy atom. The Hall–Kier alpha value is -1.30. The number of halogens is 2.